The Kier molecular flexibility index (Phi) is 3.15. The van der Waals surface area contributed by atoms with Gasteiger partial charge in [-0.1, -0.05) is 5.92 Å². The summed E-state index contributed by atoms with van der Waals surface area (Å²) in [5.74, 6) is 3.93. The zero-order valence-corrected chi connectivity index (χ0v) is 7.74. The Labute approximate surface area is 78.1 Å². The SMILES string of the molecule is C#CC(C)Nc1ncccc1OC. The van der Waals surface area contributed by atoms with E-state index in [0.29, 0.717) is 11.6 Å². The Morgan fingerprint density at radius 3 is 3.08 bits per heavy atom. The standard InChI is InChI=1S/C10H12N2O/c1-4-8(2)12-10-9(13-3)6-5-7-11-10/h1,5-8H,2-3H3,(H,11,12). The normalized spacial score (nSPS) is 11.5. The topological polar surface area (TPSA) is 34.2 Å². The monoisotopic (exact) mass is 176 g/mol. The van der Waals surface area contributed by atoms with E-state index in [0.717, 1.165) is 0 Å². The van der Waals surface area contributed by atoms with Crippen LogP contribution in [0, 0.1) is 12.3 Å². The number of hydrogen-bond acceptors (Lipinski definition) is 3. The molecule has 1 rings (SSSR count). The van der Waals surface area contributed by atoms with Gasteiger partial charge in [0.05, 0.1) is 13.2 Å². The number of rotatable bonds is 3. The molecule has 1 aromatic rings. The van der Waals surface area contributed by atoms with Crippen molar-refractivity contribution in [2.75, 3.05) is 12.4 Å². The van der Waals surface area contributed by atoms with Gasteiger partial charge in [0.15, 0.2) is 11.6 Å². The quantitative estimate of drug-likeness (QED) is 0.709. The van der Waals surface area contributed by atoms with Crippen molar-refractivity contribution >= 4 is 5.82 Å². The Balaban J connectivity index is 2.82. The molecule has 1 atom stereocenters. The highest BCUT2D eigenvalue weighted by Gasteiger charge is 2.04. The van der Waals surface area contributed by atoms with Gasteiger partial charge in [-0.25, -0.2) is 4.98 Å². The minimum absolute atomic E-state index is 0.0520. The number of hydrogen-bond donors (Lipinski definition) is 1. The molecule has 0 saturated carbocycles. The average Bonchev–Trinajstić information content (AvgIpc) is 2.18. The zero-order chi connectivity index (χ0) is 9.68. The van der Waals surface area contributed by atoms with Gasteiger partial charge in [0.2, 0.25) is 0 Å². The molecule has 0 fully saturated rings. The van der Waals surface area contributed by atoms with E-state index in [1.807, 2.05) is 19.1 Å². The third-order valence-electron chi connectivity index (χ3n) is 1.59. The summed E-state index contributed by atoms with van der Waals surface area (Å²) >= 11 is 0. The summed E-state index contributed by atoms with van der Waals surface area (Å²) in [5.41, 5.74) is 0. The van der Waals surface area contributed by atoms with Crippen LogP contribution in [0.5, 0.6) is 5.75 Å². The number of aromatic nitrogens is 1. The first-order valence-electron chi connectivity index (χ1n) is 3.99. The second-order valence-corrected chi connectivity index (χ2v) is 2.59. The Hall–Kier alpha value is -1.69. The molecule has 0 aromatic carbocycles. The van der Waals surface area contributed by atoms with Crippen molar-refractivity contribution in [3.8, 4) is 18.1 Å². The van der Waals surface area contributed by atoms with Crippen LogP contribution in [-0.4, -0.2) is 18.1 Å². The van der Waals surface area contributed by atoms with Crippen LogP contribution in [0.25, 0.3) is 0 Å². The number of terminal acetylenes is 1. The van der Waals surface area contributed by atoms with Crippen molar-refractivity contribution in [2.24, 2.45) is 0 Å². The maximum atomic E-state index is 5.23. The lowest BCUT2D eigenvalue weighted by Gasteiger charge is -2.11. The highest BCUT2D eigenvalue weighted by molar-refractivity contribution is 5.50. The summed E-state index contributed by atoms with van der Waals surface area (Å²) in [5, 5.41) is 3.04. The summed E-state index contributed by atoms with van der Waals surface area (Å²) in [6.45, 7) is 1.88. The molecule has 0 bridgehead atoms. The second-order valence-electron chi connectivity index (χ2n) is 2.59. The molecule has 68 valence electrons. The molecule has 1 aromatic heterocycles. The van der Waals surface area contributed by atoms with E-state index in [4.69, 9.17) is 11.2 Å². The molecule has 0 aliphatic rings. The number of anilines is 1. The van der Waals surface area contributed by atoms with E-state index >= 15 is 0 Å². The third-order valence-corrected chi connectivity index (χ3v) is 1.59. The van der Waals surface area contributed by atoms with Crippen LogP contribution in [0.4, 0.5) is 5.82 Å². The zero-order valence-electron chi connectivity index (χ0n) is 7.74. The van der Waals surface area contributed by atoms with Gasteiger partial charge < -0.3 is 10.1 Å². The molecule has 1 heterocycles. The van der Waals surface area contributed by atoms with Gasteiger partial charge in [-0.15, -0.1) is 6.42 Å². The fourth-order valence-corrected chi connectivity index (χ4v) is 0.910. The number of ether oxygens (including phenoxy) is 1. The predicted molar refractivity (Wildman–Crippen MR) is 52.7 cm³/mol. The largest absolute Gasteiger partial charge is 0.493 e. The van der Waals surface area contributed by atoms with Gasteiger partial charge in [0, 0.05) is 6.20 Å². The molecule has 0 aliphatic carbocycles. The first-order chi connectivity index (χ1) is 6.27. The summed E-state index contributed by atoms with van der Waals surface area (Å²) in [7, 11) is 1.60. The van der Waals surface area contributed by atoms with Crippen molar-refractivity contribution in [1.29, 1.82) is 0 Å². The average molecular weight is 176 g/mol. The Bertz CT molecular complexity index is 317. The minimum atomic E-state index is -0.0520. The van der Waals surface area contributed by atoms with Gasteiger partial charge in [0.1, 0.15) is 0 Å². The lowest BCUT2D eigenvalue weighted by atomic mass is 10.3. The molecule has 0 spiro atoms. The first kappa shape index (κ1) is 9.40. The van der Waals surface area contributed by atoms with Crippen LogP contribution in [-0.2, 0) is 0 Å². The Morgan fingerprint density at radius 1 is 1.69 bits per heavy atom. The van der Waals surface area contributed by atoms with Crippen LogP contribution in [0.3, 0.4) is 0 Å². The van der Waals surface area contributed by atoms with Crippen molar-refractivity contribution in [3.63, 3.8) is 0 Å². The van der Waals surface area contributed by atoms with Crippen molar-refractivity contribution < 1.29 is 4.74 Å². The number of pyridine rings is 1. The molecular weight excluding hydrogens is 164 g/mol. The summed E-state index contributed by atoms with van der Waals surface area (Å²) in [6.07, 6.45) is 6.92. The van der Waals surface area contributed by atoms with Crippen LogP contribution in [0.1, 0.15) is 6.92 Å². The fraction of sp³-hybridized carbons (Fsp3) is 0.300. The molecule has 0 aliphatic heterocycles. The van der Waals surface area contributed by atoms with Crippen molar-refractivity contribution in [1.82, 2.24) is 4.98 Å². The molecule has 0 amide bonds. The van der Waals surface area contributed by atoms with Crippen LogP contribution in [0.15, 0.2) is 18.3 Å². The van der Waals surface area contributed by atoms with Crippen molar-refractivity contribution in [3.05, 3.63) is 18.3 Å². The molecule has 3 heteroatoms. The van der Waals surface area contributed by atoms with E-state index in [1.54, 1.807) is 13.3 Å². The molecule has 0 saturated heterocycles. The number of nitrogens with zero attached hydrogens (tertiary/aromatic N) is 1. The fourth-order valence-electron chi connectivity index (χ4n) is 0.910. The third kappa shape index (κ3) is 2.38. The Morgan fingerprint density at radius 2 is 2.46 bits per heavy atom. The smallest absolute Gasteiger partial charge is 0.169 e. The summed E-state index contributed by atoms with van der Waals surface area (Å²) in [4.78, 5) is 4.11. The highest BCUT2D eigenvalue weighted by atomic mass is 16.5. The highest BCUT2D eigenvalue weighted by Crippen LogP contribution is 2.20. The van der Waals surface area contributed by atoms with E-state index in [2.05, 4.69) is 16.2 Å². The minimum Gasteiger partial charge on any atom is -0.493 e. The first-order valence-corrected chi connectivity index (χ1v) is 3.99. The van der Waals surface area contributed by atoms with Gasteiger partial charge in [0.25, 0.3) is 0 Å². The summed E-state index contributed by atoms with van der Waals surface area (Å²) in [6, 6.07) is 3.59. The van der Waals surface area contributed by atoms with Crippen molar-refractivity contribution in [2.45, 2.75) is 13.0 Å². The lowest BCUT2D eigenvalue weighted by Crippen LogP contribution is -2.13. The summed E-state index contributed by atoms with van der Waals surface area (Å²) < 4.78 is 5.10. The molecule has 1 unspecified atom stereocenters. The molecular formula is C10H12N2O. The van der Waals surface area contributed by atoms with Crippen LogP contribution in [0.2, 0.25) is 0 Å². The number of methoxy groups -OCH3 is 1. The van der Waals surface area contributed by atoms with E-state index in [-0.39, 0.29) is 6.04 Å². The van der Waals surface area contributed by atoms with E-state index in [9.17, 15) is 0 Å². The number of nitrogens with one attached hydrogen (secondary N) is 1. The molecule has 1 N–H and O–H groups in total. The van der Waals surface area contributed by atoms with Gasteiger partial charge in [-0.05, 0) is 19.1 Å². The predicted octanol–water partition coefficient (Wildman–Crippen LogP) is 1.52. The molecule has 0 radical (unpaired) electrons. The van der Waals surface area contributed by atoms with Gasteiger partial charge in [-0.3, -0.25) is 0 Å². The second kappa shape index (κ2) is 4.36. The maximum Gasteiger partial charge on any atom is 0.169 e. The van der Waals surface area contributed by atoms with Gasteiger partial charge >= 0.3 is 0 Å². The van der Waals surface area contributed by atoms with E-state index < -0.39 is 0 Å². The maximum absolute atomic E-state index is 5.23. The molecule has 13 heavy (non-hydrogen) atoms. The van der Waals surface area contributed by atoms with Crippen LogP contribution < -0.4 is 10.1 Å². The van der Waals surface area contributed by atoms with E-state index in [1.165, 1.54) is 0 Å². The lowest BCUT2D eigenvalue weighted by molar-refractivity contribution is 0.414. The van der Waals surface area contributed by atoms with Gasteiger partial charge in [-0.2, -0.15) is 0 Å². The molecule has 3 nitrogen and oxygen atoms in total. The van der Waals surface area contributed by atoms with Crippen LogP contribution >= 0.6 is 0 Å².